The molecule has 4 nitrogen and oxygen atoms in total. The molecule has 0 saturated heterocycles. The van der Waals surface area contributed by atoms with Crippen molar-refractivity contribution in [1.82, 2.24) is 4.98 Å². The molecule has 66 valence electrons. The maximum absolute atomic E-state index is 9.05. The Kier molecular flexibility index (Phi) is 3.01. The predicted molar refractivity (Wildman–Crippen MR) is 44.5 cm³/mol. The van der Waals surface area contributed by atoms with Crippen LogP contribution in [-0.2, 0) is 0 Å². The third-order valence-electron chi connectivity index (χ3n) is 1.61. The Morgan fingerprint density at radius 2 is 2.25 bits per heavy atom. The summed E-state index contributed by atoms with van der Waals surface area (Å²) in [5, 5.41) is 17.7. The lowest BCUT2D eigenvalue weighted by atomic mass is 10.1. The Hall–Kier alpha value is -1.13. The normalized spacial score (nSPS) is 12.8. The van der Waals surface area contributed by atoms with Crippen molar-refractivity contribution in [3.05, 3.63) is 24.0 Å². The highest BCUT2D eigenvalue weighted by molar-refractivity contribution is 5.24. The molecule has 4 N–H and O–H groups in total. The van der Waals surface area contributed by atoms with E-state index in [0.717, 1.165) is 5.56 Å². The van der Waals surface area contributed by atoms with E-state index >= 15 is 0 Å². The van der Waals surface area contributed by atoms with Gasteiger partial charge in [-0.3, -0.25) is 4.98 Å². The lowest BCUT2D eigenvalue weighted by Crippen LogP contribution is -2.11. The van der Waals surface area contributed by atoms with Crippen LogP contribution in [0.4, 0.5) is 0 Å². The second kappa shape index (κ2) is 4.04. The van der Waals surface area contributed by atoms with Gasteiger partial charge in [0.05, 0.1) is 6.20 Å². The molecule has 0 aliphatic heterocycles. The first-order valence-electron chi connectivity index (χ1n) is 3.74. The summed E-state index contributed by atoms with van der Waals surface area (Å²) in [6.07, 6.45) is 3.40. The summed E-state index contributed by atoms with van der Waals surface area (Å²) >= 11 is 0. The summed E-state index contributed by atoms with van der Waals surface area (Å²) in [7, 11) is 0. The van der Waals surface area contributed by atoms with Crippen LogP contribution in [-0.4, -0.2) is 21.8 Å². The standard InChI is InChI=1S/C8H12N2O2/c9-8(1-2-11)6-3-7(12)5-10-4-6/h3-5,8,11-12H,1-2,9H2. The fourth-order valence-electron chi connectivity index (χ4n) is 0.954. The topological polar surface area (TPSA) is 79.4 Å². The minimum Gasteiger partial charge on any atom is -0.506 e. The molecule has 0 fully saturated rings. The van der Waals surface area contributed by atoms with E-state index < -0.39 is 0 Å². The first-order chi connectivity index (χ1) is 5.74. The number of hydrogen-bond acceptors (Lipinski definition) is 4. The van der Waals surface area contributed by atoms with Crippen LogP contribution < -0.4 is 5.73 Å². The molecule has 1 heterocycles. The van der Waals surface area contributed by atoms with E-state index in [1.165, 1.54) is 6.20 Å². The lowest BCUT2D eigenvalue weighted by Gasteiger charge is -2.09. The van der Waals surface area contributed by atoms with Crippen LogP contribution in [0.3, 0.4) is 0 Å². The second-order valence-electron chi connectivity index (χ2n) is 2.60. The molecule has 1 aromatic rings. The number of aromatic nitrogens is 1. The largest absolute Gasteiger partial charge is 0.506 e. The maximum Gasteiger partial charge on any atom is 0.134 e. The van der Waals surface area contributed by atoms with Crippen molar-refractivity contribution in [2.24, 2.45) is 5.73 Å². The molecule has 1 aromatic heterocycles. The Balaban J connectivity index is 2.73. The van der Waals surface area contributed by atoms with E-state index in [1.54, 1.807) is 12.3 Å². The predicted octanol–water partition coefficient (Wildman–Crippen LogP) is 0.169. The number of aromatic hydroxyl groups is 1. The molecule has 0 aliphatic carbocycles. The van der Waals surface area contributed by atoms with Gasteiger partial charge in [-0.15, -0.1) is 0 Å². The van der Waals surface area contributed by atoms with Gasteiger partial charge < -0.3 is 15.9 Å². The van der Waals surface area contributed by atoms with Crippen LogP contribution in [0.15, 0.2) is 18.5 Å². The van der Waals surface area contributed by atoms with Gasteiger partial charge in [-0.25, -0.2) is 0 Å². The summed E-state index contributed by atoms with van der Waals surface area (Å²) in [4.78, 5) is 3.78. The SMILES string of the molecule is NC(CCO)c1cncc(O)c1. The van der Waals surface area contributed by atoms with Gasteiger partial charge in [-0.2, -0.15) is 0 Å². The summed E-state index contributed by atoms with van der Waals surface area (Å²) in [5.41, 5.74) is 6.40. The zero-order chi connectivity index (χ0) is 8.97. The van der Waals surface area contributed by atoms with Gasteiger partial charge in [-0.1, -0.05) is 0 Å². The zero-order valence-electron chi connectivity index (χ0n) is 6.64. The van der Waals surface area contributed by atoms with Crippen LogP contribution in [0.25, 0.3) is 0 Å². The molecule has 1 atom stereocenters. The van der Waals surface area contributed by atoms with Gasteiger partial charge in [0.1, 0.15) is 5.75 Å². The van der Waals surface area contributed by atoms with Gasteiger partial charge in [0, 0.05) is 18.8 Å². The minimum absolute atomic E-state index is 0.0385. The Morgan fingerprint density at radius 3 is 2.83 bits per heavy atom. The third kappa shape index (κ3) is 2.18. The first kappa shape index (κ1) is 8.96. The van der Waals surface area contributed by atoms with Crippen molar-refractivity contribution in [3.8, 4) is 5.75 Å². The molecule has 0 radical (unpaired) electrons. The Bertz CT molecular complexity index is 253. The molecule has 1 rings (SSSR count). The van der Waals surface area contributed by atoms with Crippen molar-refractivity contribution in [1.29, 1.82) is 0 Å². The molecule has 1 unspecified atom stereocenters. The summed E-state index contributed by atoms with van der Waals surface area (Å²) in [6.45, 7) is 0.0385. The Labute approximate surface area is 70.7 Å². The quantitative estimate of drug-likeness (QED) is 0.601. The molecule has 0 aliphatic rings. The average molecular weight is 168 g/mol. The molecular weight excluding hydrogens is 156 g/mol. The van der Waals surface area contributed by atoms with Crippen molar-refractivity contribution >= 4 is 0 Å². The maximum atomic E-state index is 9.05. The average Bonchev–Trinajstić information content (AvgIpc) is 2.05. The number of rotatable bonds is 3. The molecule has 0 amide bonds. The fourth-order valence-corrected chi connectivity index (χ4v) is 0.954. The van der Waals surface area contributed by atoms with E-state index in [2.05, 4.69) is 4.98 Å². The zero-order valence-corrected chi connectivity index (χ0v) is 6.64. The fraction of sp³-hybridized carbons (Fsp3) is 0.375. The lowest BCUT2D eigenvalue weighted by molar-refractivity contribution is 0.276. The van der Waals surface area contributed by atoms with E-state index in [9.17, 15) is 0 Å². The van der Waals surface area contributed by atoms with E-state index in [4.69, 9.17) is 15.9 Å². The van der Waals surface area contributed by atoms with Gasteiger partial charge >= 0.3 is 0 Å². The van der Waals surface area contributed by atoms with Crippen molar-refractivity contribution in [3.63, 3.8) is 0 Å². The molecule has 12 heavy (non-hydrogen) atoms. The van der Waals surface area contributed by atoms with Crippen molar-refractivity contribution in [2.45, 2.75) is 12.5 Å². The second-order valence-corrected chi connectivity index (χ2v) is 2.60. The minimum atomic E-state index is -0.255. The Morgan fingerprint density at radius 1 is 1.50 bits per heavy atom. The molecule has 4 heteroatoms. The smallest absolute Gasteiger partial charge is 0.134 e. The van der Waals surface area contributed by atoms with Crippen molar-refractivity contribution in [2.75, 3.05) is 6.61 Å². The molecule has 0 bridgehead atoms. The van der Waals surface area contributed by atoms with Gasteiger partial charge in [0.2, 0.25) is 0 Å². The van der Waals surface area contributed by atoms with E-state index in [1.807, 2.05) is 0 Å². The highest BCUT2D eigenvalue weighted by atomic mass is 16.3. The highest BCUT2D eigenvalue weighted by Gasteiger charge is 2.05. The van der Waals surface area contributed by atoms with Gasteiger partial charge in [-0.05, 0) is 18.1 Å². The van der Waals surface area contributed by atoms with Crippen LogP contribution in [0.2, 0.25) is 0 Å². The third-order valence-corrected chi connectivity index (χ3v) is 1.61. The molecule has 0 spiro atoms. The van der Waals surface area contributed by atoms with Crippen LogP contribution in [0.5, 0.6) is 5.75 Å². The monoisotopic (exact) mass is 168 g/mol. The van der Waals surface area contributed by atoms with Crippen LogP contribution in [0, 0.1) is 0 Å². The van der Waals surface area contributed by atoms with Gasteiger partial charge in [0.15, 0.2) is 0 Å². The number of aliphatic hydroxyl groups excluding tert-OH is 1. The number of nitrogens with zero attached hydrogens (tertiary/aromatic N) is 1. The van der Waals surface area contributed by atoms with Crippen molar-refractivity contribution < 1.29 is 10.2 Å². The summed E-state index contributed by atoms with van der Waals surface area (Å²) < 4.78 is 0. The summed E-state index contributed by atoms with van der Waals surface area (Å²) in [6, 6.07) is 1.29. The van der Waals surface area contributed by atoms with Crippen LogP contribution in [0.1, 0.15) is 18.0 Å². The number of pyridine rings is 1. The van der Waals surface area contributed by atoms with E-state index in [-0.39, 0.29) is 18.4 Å². The van der Waals surface area contributed by atoms with Crippen LogP contribution >= 0.6 is 0 Å². The number of aliphatic hydroxyl groups is 1. The summed E-state index contributed by atoms with van der Waals surface area (Å²) in [5.74, 6) is 0.0980. The van der Waals surface area contributed by atoms with Gasteiger partial charge in [0.25, 0.3) is 0 Å². The van der Waals surface area contributed by atoms with E-state index in [0.29, 0.717) is 6.42 Å². The highest BCUT2D eigenvalue weighted by Crippen LogP contribution is 2.16. The molecular formula is C8H12N2O2. The first-order valence-corrected chi connectivity index (χ1v) is 3.74. The molecule has 0 saturated carbocycles. The number of nitrogens with two attached hydrogens (primary N) is 1. The molecule has 0 aromatic carbocycles. The number of hydrogen-bond donors (Lipinski definition) is 3.